The number of carbonyl (C=O) groups excluding carboxylic acids is 2. The molecule has 2 heterocycles. The van der Waals surface area contributed by atoms with Crippen LogP contribution in [0.3, 0.4) is 0 Å². The van der Waals surface area contributed by atoms with E-state index in [0.717, 1.165) is 19.3 Å². The molecule has 1 saturated carbocycles. The van der Waals surface area contributed by atoms with E-state index in [0.29, 0.717) is 17.7 Å². The van der Waals surface area contributed by atoms with Crippen molar-refractivity contribution in [2.45, 2.75) is 91.1 Å². The lowest BCUT2D eigenvalue weighted by Gasteiger charge is -2.33. The Balaban J connectivity index is 1.70. The van der Waals surface area contributed by atoms with Gasteiger partial charge in [0.25, 0.3) is 0 Å². The van der Waals surface area contributed by atoms with Gasteiger partial charge < -0.3 is 24.5 Å². The van der Waals surface area contributed by atoms with E-state index in [4.69, 9.17) is 19.9 Å². The third-order valence-corrected chi connectivity index (χ3v) is 8.27. The van der Waals surface area contributed by atoms with Crippen molar-refractivity contribution in [1.29, 1.82) is 0 Å². The second-order valence-electron chi connectivity index (χ2n) is 10.7. The number of carbonyl (C=O) groups is 2. The van der Waals surface area contributed by atoms with Crippen molar-refractivity contribution >= 4 is 36.4 Å². The predicted octanol–water partition coefficient (Wildman–Crippen LogP) is 2.61. The topological polar surface area (TPSA) is 173 Å². The monoisotopic (exact) mass is 553 g/mol. The molecule has 0 radical (unpaired) electrons. The molecule has 3 atom stereocenters. The predicted molar refractivity (Wildman–Crippen MR) is 142 cm³/mol. The van der Waals surface area contributed by atoms with E-state index in [9.17, 15) is 14.2 Å². The molecule has 0 spiro atoms. The van der Waals surface area contributed by atoms with Gasteiger partial charge in [-0.15, -0.1) is 0 Å². The molecule has 1 aliphatic rings. The van der Waals surface area contributed by atoms with Gasteiger partial charge in [-0.25, -0.2) is 25.1 Å². The molecule has 1 aliphatic carbocycles. The summed E-state index contributed by atoms with van der Waals surface area (Å²) in [5.74, 6) is -0.653. The van der Waals surface area contributed by atoms with Crippen LogP contribution in [0.5, 0.6) is 0 Å². The summed E-state index contributed by atoms with van der Waals surface area (Å²) in [5, 5.41) is 5.75. The maximum atomic E-state index is 14.1. The quantitative estimate of drug-likeness (QED) is 0.231. The highest BCUT2D eigenvalue weighted by Crippen LogP contribution is 2.40. The van der Waals surface area contributed by atoms with Crippen molar-refractivity contribution in [3.05, 3.63) is 12.7 Å². The van der Waals surface area contributed by atoms with Gasteiger partial charge in [-0.05, 0) is 52.9 Å². The number of hydrogen-bond donors (Lipinski definition) is 3. The summed E-state index contributed by atoms with van der Waals surface area (Å²) in [5.41, 5.74) is 5.57. The second-order valence-corrected chi connectivity index (χ2v) is 13.0. The molecule has 4 N–H and O–H groups in total. The van der Waals surface area contributed by atoms with Crippen molar-refractivity contribution in [1.82, 2.24) is 29.7 Å². The number of rotatable bonds is 14. The van der Waals surface area contributed by atoms with Crippen LogP contribution in [0.2, 0.25) is 0 Å². The van der Waals surface area contributed by atoms with Crippen LogP contribution in [0.1, 0.15) is 60.8 Å². The zero-order valence-corrected chi connectivity index (χ0v) is 23.9. The van der Waals surface area contributed by atoms with E-state index < -0.39 is 37.1 Å². The Kier molecular flexibility index (Phi) is 9.85. The molecule has 1 fully saturated rings. The van der Waals surface area contributed by atoms with E-state index >= 15 is 0 Å². The number of nitrogens with two attached hydrogens (primary N) is 1. The number of hydrogen-bond acceptors (Lipinski definition) is 10. The van der Waals surface area contributed by atoms with Gasteiger partial charge >= 0.3 is 11.9 Å². The van der Waals surface area contributed by atoms with Gasteiger partial charge in [0.2, 0.25) is 7.44 Å². The molecular weight excluding hydrogens is 513 g/mol. The van der Waals surface area contributed by atoms with Crippen LogP contribution in [0.25, 0.3) is 11.2 Å². The Morgan fingerprint density at radius 3 is 2.55 bits per heavy atom. The fourth-order valence-electron chi connectivity index (χ4n) is 3.74. The van der Waals surface area contributed by atoms with E-state index in [1.165, 1.54) is 6.33 Å². The first-order valence-corrected chi connectivity index (χ1v) is 14.8. The number of nitrogen functional groups attached to an aromatic ring is 1. The smallest absolute Gasteiger partial charge is 0.326 e. The van der Waals surface area contributed by atoms with Gasteiger partial charge in [-0.3, -0.25) is 14.2 Å². The first-order valence-electron chi connectivity index (χ1n) is 12.9. The Bertz CT molecular complexity index is 1170. The number of nitrogens with one attached hydrogen (secondary N) is 2. The lowest BCUT2D eigenvalue weighted by molar-refractivity contribution is -0.154. The molecular formula is C24H40N7O6P. The Morgan fingerprint density at radius 2 is 1.92 bits per heavy atom. The summed E-state index contributed by atoms with van der Waals surface area (Å²) < 4.78 is 32.7. The lowest BCUT2D eigenvalue weighted by Crippen LogP contribution is -2.50. The number of fused-ring (bicyclic) bond motifs is 1. The average molecular weight is 554 g/mol. The van der Waals surface area contributed by atoms with E-state index in [1.54, 1.807) is 38.6 Å². The summed E-state index contributed by atoms with van der Waals surface area (Å²) in [6.07, 6.45) is 4.75. The first-order chi connectivity index (χ1) is 17.8. The van der Waals surface area contributed by atoms with Crippen molar-refractivity contribution in [3.63, 3.8) is 0 Å². The molecule has 0 saturated heterocycles. The Hall–Kier alpha value is -2.60. The molecule has 0 bridgehead atoms. The number of ether oxygens (including phenoxy) is 3. The molecule has 2 aromatic heterocycles. The third kappa shape index (κ3) is 7.95. The summed E-state index contributed by atoms with van der Waals surface area (Å²) in [4.78, 5) is 37.8. The minimum Gasteiger partial charge on any atom is -0.464 e. The van der Waals surface area contributed by atoms with Crippen LogP contribution < -0.4 is 15.9 Å². The normalized spacial score (nSPS) is 17.6. The standard InChI is InChI=1S/C24H40N7O6P/c1-15(2)11-35-23(33)24(5,6)30-38(34,29-17(4)22(32)37-18-8-7-9-18)14-36-16(3)10-31-13-28-19-20(25)26-12-27-21(19)31/h12-13,15-18H,7-11,14H2,1-6H3,(H2,25,26,27)(H2,29,30,34). The zero-order valence-electron chi connectivity index (χ0n) is 23.0. The SMILES string of the molecule is CC(C)COC(=O)C(C)(C)NP(=O)(COC(C)Cn1cnc2c(N)ncnc21)NC(C)C(=O)OC1CCC1. The Labute approximate surface area is 223 Å². The maximum absolute atomic E-state index is 14.1. The van der Waals surface area contributed by atoms with Crippen molar-refractivity contribution < 1.29 is 28.4 Å². The van der Waals surface area contributed by atoms with Crippen LogP contribution in [-0.2, 0) is 34.9 Å². The molecule has 0 aromatic carbocycles. The summed E-state index contributed by atoms with van der Waals surface area (Å²) in [7, 11) is -3.68. The van der Waals surface area contributed by atoms with E-state index in [-0.39, 0.29) is 30.8 Å². The highest BCUT2D eigenvalue weighted by atomic mass is 31.2. The van der Waals surface area contributed by atoms with Crippen molar-refractivity contribution in [2.24, 2.45) is 5.92 Å². The molecule has 0 amide bonds. The largest absolute Gasteiger partial charge is 0.464 e. The van der Waals surface area contributed by atoms with Crippen molar-refractivity contribution in [3.8, 4) is 0 Å². The first kappa shape index (κ1) is 29.9. The number of aromatic nitrogens is 4. The second kappa shape index (κ2) is 12.5. The lowest BCUT2D eigenvalue weighted by atomic mass is 9.96. The van der Waals surface area contributed by atoms with Gasteiger partial charge in [-0.1, -0.05) is 13.8 Å². The van der Waals surface area contributed by atoms with Crippen LogP contribution in [0.4, 0.5) is 5.82 Å². The van der Waals surface area contributed by atoms with Gasteiger partial charge in [0, 0.05) is 0 Å². The Morgan fingerprint density at radius 1 is 1.21 bits per heavy atom. The highest BCUT2D eigenvalue weighted by molar-refractivity contribution is 7.59. The van der Waals surface area contributed by atoms with Gasteiger partial charge in [0.05, 0.1) is 25.6 Å². The summed E-state index contributed by atoms with van der Waals surface area (Å²) >= 11 is 0. The minimum absolute atomic E-state index is 0.110. The van der Waals surface area contributed by atoms with Crippen LogP contribution in [0, 0.1) is 5.92 Å². The zero-order chi connectivity index (χ0) is 28.1. The van der Waals surface area contributed by atoms with E-state index in [2.05, 4.69) is 25.1 Å². The van der Waals surface area contributed by atoms with Crippen LogP contribution >= 0.6 is 7.44 Å². The van der Waals surface area contributed by atoms with Crippen LogP contribution in [0.15, 0.2) is 12.7 Å². The average Bonchev–Trinajstić information content (AvgIpc) is 3.21. The number of anilines is 1. The third-order valence-electron chi connectivity index (χ3n) is 6.03. The molecule has 14 heteroatoms. The maximum Gasteiger partial charge on any atom is 0.326 e. The molecule has 13 nitrogen and oxygen atoms in total. The molecule has 2 aromatic rings. The summed E-state index contributed by atoms with van der Waals surface area (Å²) in [6, 6.07) is -0.896. The summed E-state index contributed by atoms with van der Waals surface area (Å²) in [6.45, 7) is 10.9. The van der Waals surface area contributed by atoms with Crippen molar-refractivity contribution in [2.75, 3.05) is 18.7 Å². The fraction of sp³-hybridized carbons (Fsp3) is 0.708. The minimum atomic E-state index is -3.68. The number of nitrogens with zero attached hydrogens (tertiary/aromatic N) is 4. The van der Waals surface area contributed by atoms with E-state index in [1.807, 2.05) is 13.8 Å². The molecule has 0 aliphatic heterocycles. The molecule has 3 unspecified atom stereocenters. The molecule has 38 heavy (non-hydrogen) atoms. The number of imidazole rings is 1. The van der Waals surface area contributed by atoms with Crippen LogP contribution in [-0.4, -0.2) is 68.2 Å². The van der Waals surface area contributed by atoms with Gasteiger partial charge in [-0.2, -0.15) is 0 Å². The van der Waals surface area contributed by atoms with Gasteiger partial charge in [0.15, 0.2) is 11.5 Å². The molecule has 212 valence electrons. The number of esters is 2. The fourth-order valence-corrected chi connectivity index (χ4v) is 6.13. The highest BCUT2D eigenvalue weighted by Gasteiger charge is 2.40. The molecule has 3 rings (SSSR count). The van der Waals surface area contributed by atoms with Gasteiger partial charge in [0.1, 0.15) is 35.9 Å².